The van der Waals surface area contributed by atoms with Gasteiger partial charge in [-0.3, -0.25) is 4.90 Å². The maximum atomic E-state index is 12.2. The van der Waals surface area contributed by atoms with Gasteiger partial charge in [0.05, 0.1) is 18.8 Å². The van der Waals surface area contributed by atoms with Gasteiger partial charge in [0.15, 0.2) is 0 Å². The molecule has 7 nitrogen and oxygen atoms in total. The molecule has 156 valence electrons. The van der Waals surface area contributed by atoms with Gasteiger partial charge in [0.2, 0.25) is 0 Å². The molecule has 2 amide bonds. The van der Waals surface area contributed by atoms with Crippen LogP contribution in [-0.4, -0.2) is 72.2 Å². The van der Waals surface area contributed by atoms with E-state index in [4.69, 9.17) is 4.74 Å². The highest BCUT2D eigenvalue weighted by molar-refractivity contribution is 5.89. The molecular weight excluding hydrogens is 370 g/mol. The SMILES string of the molecule is CN(CCc1ccccc1)[C@@H]1[C@H](O)[C@H](CO)O[C@@H]1CNC(=O)Nc1ccccc1. The van der Waals surface area contributed by atoms with Gasteiger partial charge in [-0.1, -0.05) is 48.5 Å². The molecular formula is C22H29N3O4. The van der Waals surface area contributed by atoms with Crippen LogP contribution >= 0.6 is 0 Å². The normalized spacial score (nSPS) is 23.9. The maximum Gasteiger partial charge on any atom is 0.319 e. The Balaban J connectivity index is 1.57. The molecule has 0 spiro atoms. The summed E-state index contributed by atoms with van der Waals surface area (Å²) in [5, 5.41) is 25.7. The highest BCUT2D eigenvalue weighted by atomic mass is 16.5. The van der Waals surface area contributed by atoms with Crippen LogP contribution in [0.2, 0.25) is 0 Å². The van der Waals surface area contributed by atoms with Gasteiger partial charge >= 0.3 is 6.03 Å². The number of amides is 2. The Labute approximate surface area is 171 Å². The van der Waals surface area contributed by atoms with Crippen molar-refractivity contribution in [2.45, 2.75) is 30.8 Å². The van der Waals surface area contributed by atoms with Crippen LogP contribution in [-0.2, 0) is 11.2 Å². The number of likely N-dealkylation sites (N-methyl/N-ethyl adjacent to an activating group) is 1. The molecule has 1 aliphatic heterocycles. The second-order valence-corrected chi connectivity index (χ2v) is 7.29. The molecule has 0 radical (unpaired) electrons. The Morgan fingerprint density at radius 1 is 1.07 bits per heavy atom. The van der Waals surface area contributed by atoms with E-state index in [0.717, 1.165) is 13.0 Å². The van der Waals surface area contributed by atoms with Gasteiger partial charge < -0.3 is 25.6 Å². The molecule has 4 N–H and O–H groups in total. The average molecular weight is 399 g/mol. The van der Waals surface area contributed by atoms with Crippen LogP contribution < -0.4 is 10.6 Å². The molecule has 1 heterocycles. The quantitative estimate of drug-likeness (QED) is 0.539. The summed E-state index contributed by atoms with van der Waals surface area (Å²) in [5.74, 6) is 0. The summed E-state index contributed by atoms with van der Waals surface area (Å²) < 4.78 is 5.83. The smallest absolute Gasteiger partial charge is 0.319 e. The fourth-order valence-corrected chi connectivity index (χ4v) is 3.68. The average Bonchev–Trinajstić information content (AvgIpc) is 3.07. The molecule has 0 bridgehead atoms. The van der Waals surface area contributed by atoms with Gasteiger partial charge in [0.1, 0.15) is 12.2 Å². The molecule has 0 aromatic heterocycles. The number of urea groups is 1. The maximum absolute atomic E-state index is 12.2. The summed E-state index contributed by atoms with van der Waals surface area (Å²) in [6, 6.07) is 18.6. The standard InChI is InChI=1S/C22H29N3O4/c1-25(13-12-16-8-4-2-5-9-16)20-18(29-19(15-26)21(20)27)14-23-22(28)24-17-10-6-3-7-11-17/h2-11,18-21,26-27H,12-15H2,1H3,(H2,23,24,28)/t18-,19+,20+,21-/m1/s1. The van der Waals surface area contributed by atoms with E-state index >= 15 is 0 Å². The Morgan fingerprint density at radius 3 is 2.38 bits per heavy atom. The van der Waals surface area contributed by atoms with Crippen LogP contribution in [0.15, 0.2) is 60.7 Å². The molecule has 3 rings (SSSR count). The summed E-state index contributed by atoms with van der Waals surface area (Å²) in [4.78, 5) is 14.2. The molecule has 2 aromatic rings. The van der Waals surface area contributed by atoms with Gasteiger partial charge in [-0.2, -0.15) is 0 Å². The fourth-order valence-electron chi connectivity index (χ4n) is 3.68. The van der Waals surface area contributed by atoms with Gasteiger partial charge in [0, 0.05) is 18.8 Å². The third-order valence-corrected chi connectivity index (χ3v) is 5.24. The second kappa shape index (κ2) is 10.4. The number of aliphatic hydroxyl groups is 2. The third kappa shape index (κ3) is 5.77. The van der Waals surface area contributed by atoms with E-state index < -0.39 is 18.3 Å². The zero-order valence-electron chi connectivity index (χ0n) is 16.6. The van der Waals surface area contributed by atoms with Crippen LogP contribution in [0.3, 0.4) is 0 Å². The van der Waals surface area contributed by atoms with Crippen molar-refractivity contribution in [1.29, 1.82) is 0 Å². The number of nitrogens with one attached hydrogen (secondary N) is 2. The summed E-state index contributed by atoms with van der Waals surface area (Å²) >= 11 is 0. The third-order valence-electron chi connectivity index (χ3n) is 5.24. The van der Waals surface area contributed by atoms with Crippen LogP contribution in [0.5, 0.6) is 0 Å². The van der Waals surface area contributed by atoms with Gasteiger partial charge in [0.25, 0.3) is 0 Å². The number of hydrogen-bond donors (Lipinski definition) is 4. The highest BCUT2D eigenvalue weighted by Gasteiger charge is 2.45. The molecule has 7 heteroatoms. The Kier molecular flexibility index (Phi) is 7.60. The number of benzene rings is 2. The predicted octanol–water partition coefficient (Wildman–Crippen LogP) is 1.47. The number of hydrogen-bond acceptors (Lipinski definition) is 5. The Hall–Kier alpha value is -2.45. The first kappa shape index (κ1) is 21.3. The number of carbonyl (C=O) groups excluding carboxylic acids is 1. The monoisotopic (exact) mass is 399 g/mol. The van der Waals surface area contributed by atoms with Crippen LogP contribution in [0.1, 0.15) is 5.56 Å². The van der Waals surface area contributed by atoms with Gasteiger partial charge in [-0.25, -0.2) is 4.79 Å². The molecule has 29 heavy (non-hydrogen) atoms. The number of anilines is 1. The summed E-state index contributed by atoms with van der Waals surface area (Å²) in [7, 11) is 1.93. The first-order valence-electron chi connectivity index (χ1n) is 9.87. The van der Waals surface area contributed by atoms with Gasteiger partial charge in [-0.05, 0) is 31.2 Å². The van der Waals surface area contributed by atoms with Gasteiger partial charge in [-0.15, -0.1) is 0 Å². The summed E-state index contributed by atoms with van der Waals surface area (Å²) in [5.41, 5.74) is 1.91. The van der Waals surface area contributed by atoms with Crippen molar-refractivity contribution in [2.24, 2.45) is 0 Å². The van der Waals surface area contributed by atoms with Crippen molar-refractivity contribution in [3.63, 3.8) is 0 Å². The summed E-state index contributed by atoms with van der Waals surface area (Å²) in [6.45, 7) is 0.684. The van der Waals surface area contributed by atoms with Crippen LogP contribution in [0.25, 0.3) is 0 Å². The summed E-state index contributed by atoms with van der Waals surface area (Å²) in [6.07, 6.45) is -1.09. The lowest BCUT2D eigenvalue weighted by molar-refractivity contribution is -0.0205. The van der Waals surface area contributed by atoms with E-state index in [-0.39, 0.29) is 25.2 Å². The number of nitrogens with zero attached hydrogens (tertiary/aromatic N) is 1. The fraction of sp³-hybridized carbons (Fsp3) is 0.409. The Morgan fingerprint density at radius 2 is 1.72 bits per heavy atom. The number of carbonyl (C=O) groups is 1. The zero-order valence-corrected chi connectivity index (χ0v) is 16.6. The minimum atomic E-state index is -0.829. The van der Waals surface area contributed by atoms with E-state index in [2.05, 4.69) is 22.8 Å². The lowest BCUT2D eigenvalue weighted by atomic mass is 10.0. The van der Waals surface area contributed by atoms with E-state index in [9.17, 15) is 15.0 Å². The predicted molar refractivity (Wildman–Crippen MR) is 112 cm³/mol. The highest BCUT2D eigenvalue weighted by Crippen LogP contribution is 2.25. The first-order valence-corrected chi connectivity index (χ1v) is 9.87. The molecule has 1 aliphatic rings. The van der Waals surface area contributed by atoms with Crippen molar-refractivity contribution in [1.82, 2.24) is 10.2 Å². The van der Waals surface area contributed by atoms with E-state index in [1.165, 1.54) is 5.56 Å². The van der Waals surface area contributed by atoms with Crippen LogP contribution in [0, 0.1) is 0 Å². The van der Waals surface area contributed by atoms with E-state index in [0.29, 0.717) is 5.69 Å². The van der Waals surface area contributed by atoms with Crippen molar-refractivity contribution < 1.29 is 19.7 Å². The minimum Gasteiger partial charge on any atom is -0.394 e. The molecule has 0 unspecified atom stereocenters. The molecule has 1 fully saturated rings. The van der Waals surface area contributed by atoms with Crippen molar-refractivity contribution >= 4 is 11.7 Å². The van der Waals surface area contributed by atoms with Crippen LogP contribution in [0.4, 0.5) is 10.5 Å². The van der Waals surface area contributed by atoms with E-state index in [1.807, 2.05) is 48.3 Å². The largest absolute Gasteiger partial charge is 0.394 e. The molecule has 0 aliphatic carbocycles. The lowest BCUT2D eigenvalue weighted by Gasteiger charge is -2.30. The molecule has 0 saturated carbocycles. The number of para-hydroxylation sites is 1. The topological polar surface area (TPSA) is 94.1 Å². The first-order chi connectivity index (χ1) is 14.1. The second-order valence-electron chi connectivity index (χ2n) is 7.29. The molecule has 4 atom stereocenters. The number of ether oxygens (including phenoxy) is 1. The van der Waals surface area contributed by atoms with Crippen molar-refractivity contribution in [3.05, 3.63) is 66.2 Å². The molecule has 2 aromatic carbocycles. The van der Waals surface area contributed by atoms with Crippen molar-refractivity contribution in [3.8, 4) is 0 Å². The lowest BCUT2D eigenvalue weighted by Crippen LogP contribution is -2.50. The number of rotatable bonds is 8. The minimum absolute atomic E-state index is 0.229. The van der Waals surface area contributed by atoms with E-state index in [1.54, 1.807) is 12.1 Å². The molecule has 1 saturated heterocycles. The number of aliphatic hydroxyl groups excluding tert-OH is 2. The van der Waals surface area contributed by atoms with Crippen molar-refractivity contribution in [2.75, 3.05) is 32.1 Å². The zero-order chi connectivity index (χ0) is 20.6. The Bertz CT molecular complexity index is 759.